The highest BCUT2D eigenvalue weighted by atomic mass is 16.2. The zero-order chi connectivity index (χ0) is 17.8. The molecule has 7 nitrogen and oxygen atoms in total. The Morgan fingerprint density at radius 1 is 1.20 bits per heavy atom. The summed E-state index contributed by atoms with van der Waals surface area (Å²) in [7, 11) is 1.95. The van der Waals surface area contributed by atoms with E-state index in [1.54, 1.807) is 0 Å². The normalized spacial score (nSPS) is 17.2. The lowest BCUT2D eigenvalue weighted by Gasteiger charge is -2.36. The van der Waals surface area contributed by atoms with Crippen LogP contribution in [0.5, 0.6) is 0 Å². The van der Waals surface area contributed by atoms with Gasteiger partial charge < -0.3 is 5.73 Å². The predicted octanol–water partition coefficient (Wildman–Crippen LogP) is 1.54. The van der Waals surface area contributed by atoms with E-state index in [2.05, 4.69) is 21.4 Å². The second-order valence-electron chi connectivity index (χ2n) is 6.36. The summed E-state index contributed by atoms with van der Waals surface area (Å²) in [6.45, 7) is 1.53. The molecule has 0 bridgehead atoms. The Kier molecular flexibility index (Phi) is 5.14. The summed E-state index contributed by atoms with van der Waals surface area (Å²) < 4.78 is 1.91. The Morgan fingerprint density at radius 2 is 1.88 bits per heavy atom. The molecule has 0 unspecified atom stereocenters. The molecule has 2 aromatic rings. The fraction of sp³-hybridized carbons (Fsp3) is 0.389. The summed E-state index contributed by atoms with van der Waals surface area (Å²) >= 11 is 0. The maximum atomic E-state index is 12.5. The number of primary amides is 1. The third-order valence-corrected chi connectivity index (χ3v) is 4.78. The molecule has 2 heterocycles. The van der Waals surface area contributed by atoms with Gasteiger partial charge in [-0.05, 0) is 37.6 Å². The number of benzene rings is 1. The summed E-state index contributed by atoms with van der Waals surface area (Å²) in [5.74, 6) is 0.0528. The SMILES string of the molecule is Cn1nccc1C1CCN([C@H](C(=O)NC(N)=O)c2ccccc2)CC1. The van der Waals surface area contributed by atoms with Crippen LogP contribution in [0.15, 0.2) is 42.6 Å². The molecule has 1 aromatic heterocycles. The van der Waals surface area contributed by atoms with E-state index in [1.165, 1.54) is 5.69 Å². The first-order valence-corrected chi connectivity index (χ1v) is 8.43. The number of carbonyl (C=O) groups is 2. The van der Waals surface area contributed by atoms with E-state index in [0.29, 0.717) is 5.92 Å². The number of likely N-dealkylation sites (tertiary alicyclic amines) is 1. The third kappa shape index (κ3) is 3.88. The smallest absolute Gasteiger partial charge is 0.318 e. The van der Waals surface area contributed by atoms with Crippen molar-refractivity contribution in [3.8, 4) is 0 Å². The number of aryl methyl sites for hydroxylation is 1. The van der Waals surface area contributed by atoms with Crippen LogP contribution in [0.2, 0.25) is 0 Å². The van der Waals surface area contributed by atoms with Crippen LogP contribution in [0, 0.1) is 0 Å². The van der Waals surface area contributed by atoms with Crippen LogP contribution >= 0.6 is 0 Å². The molecular weight excluding hydrogens is 318 g/mol. The lowest BCUT2D eigenvalue weighted by Crippen LogP contribution is -2.47. The highest BCUT2D eigenvalue weighted by molar-refractivity contribution is 5.96. The molecule has 1 fully saturated rings. The van der Waals surface area contributed by atoms with Gasteiger partial charge in [-0.25, -0.2) is 4.79 Å². The van der Waals surface area contributed by atoms with E-state index in [4.69, 9.17) is 5.73 Å². The summed E-state index contributed by atoms with van der Waals surface area (Å²) in [6, 6.07) is 10.2. The van der Waals surface area contributed by atoms with E-state index in [-0.39, 0.29) is 5.91 Å². The van der Waals surface area contributed by atoms with Crippen LogP contribution in [0.25, 0.3) is 0 Å². The molecule has 7 heteroatoms. The van der Waals surface area contributed by atoms with E-state index in [0.717, 1.165) is 31.5 Å². The Morgan fingerprint density at radius 3 is 2.44 bits per heavy atom. The van der Waals surface area contributed by atoms with E-state index >= 15 is 0 Å². The van der Waals surface area contributed by atoms with Crippen molar-refractivity contribution in [3.63, 3.8) is 0 Å². The minimum absolute atomic E-state index is 0.377. The predicted molar refractivity (Wildman–Crippen MR) is 93.7 cm³/mol. The second kappa shape index (κ2) is 7.48. The molecule has 3 rings (SSSR count). The summed E-state index contributed by atoms with van der Waals surface area (Å²) in [6.07, 6.45) is 3.69. The molecule has 0 aliphatic carbocycles. The van der Waals surface area contributed by atoms with Crippen LogP contribution in [-0.4, -0.2) is 39.7 Å². The molecule has 25 heavy (non-hydrogen) atoms. The molecule has 132 valence electrons. The first kappa shape index (κ1) is 17.2. The number of urea groups is 1. The number of imide groups is 1. The number of hydrogen-bond donors (Lipinski definition) is 2. The topological polar surface area (TPSA) is 93.2 Å². The molecule has 0 radical (unpaired) electrons. The number of carbonyl (C=O) groups excluding carboxylic acids is 2. The fourth-order valence-electron chi connectivity index (χ4n) is 3.59. The van der Waals surface area contributed by atoms with Crippen molar-refractivity contribution in [3.05, 3.63) is 53.9 Å². The van der Waals surface area contributed by atoms with E-state index < -0.39 is 12.1 Å². The number of nitrogens with two attached hydrogens (primary N) is 1. The van der Waals surface area contributed by atoms with Crippen LogP contribution < -0.4 is 11.1 Å². The zero-order valence-corrected chi connectivity index (χ0v) is 14.3. The number of piperidine rings is 1. The molecule has 1 aromatic carbocycles. The van der Waals surface area contributed by atoms with Crippen molar-refractivity contribution in [2.75, 3.05) is 13.1 Å². The molecular formula is C18H23N5O2. The maximum absolute atomic E-state index is 12.5. The lowest BCUT2D eigenvalue weighted by molar-refractivity contribution is -0.126. The standard InChI is InChI=1S/C18H23N5O2/c1-22-15(7-10-20-22)13-8-11-23(12-9-13)16(17(24)21-18(19)25)14-5-3-2-4-6-14/h2-7,10,13,16H,8-9,11-12H2,1H3,(H3,19,21,24,25)/t16-/m0/s1. The van der Waals surface area contributed by atoms with Crippen molar-refractivity contribution in [2.24, 2.45) is 12.8 Å². The summed E-state index contributed by atoms with van der Waals surface area (Å²) in [5.41, 5.74) is 7.22. The van der Waals surface area contributed by atoms with Gasteiger partial charge in [0, 0.05) is 24.9 Å². The quantitative estimate of drug-likeness (QED) is 0.882. The minimum atomic E-state index is -0.823. The third-order valence-electron chi connectivity index (χ3n) is 4.78. The van der Waals surface area contributed by atoms with Crippen molar-refractivity contribution >= 4 is 11.9 Å². The van der Waals surface area contributed by atoms with Crippen molar-refractivity contribution in [1.29, 1.82) is 0 Å². The van der Waals surface area contributed by atoms with Gasteiger partial charge in [-0.2, -0.15) is 5.10 Å². The van der Waals surface area contributed by atoms with Gasteiger partial charge in [-0.3, -0.25) is 19.7 Å². The van der Waals surface area contributed by atoms with Gasteiger partial charge in [-0.15, -0.1) is 0 Å². The van der Waals surface area contributed by atoms with E-state index in [1.807, 2.05) is 48.3 Å². The summed E-state index contributed by atoms with van der Waals surface area (Å²) in [4.78, 5) is 25.8. The van der Waals surface area contributed by atoms with Gasteiger partial charge in [0.2, 0.25) is 5.91 Å². The average molecular weight is 341 g/mol. The number of rotatable bonds is 4. The lowest BCUT2D eigenvalue weighted by atomic mass is 9.91. The van der Waals surface area contributed by atoms with Gasteiger partial charge in [-0.1, -0.05) is 30.3 Å². The van der Waals surface area contributed by atoms with Crippen LogP contribution in [0.3, 0.4) is 0 Å². The van der Waals surface area contributed by atoms with Crippen molar-refractivity contribution in [1.82, 2.24) is 20.0 Å². The zero-order valence-electron chi connectivity index (χ0n) is 14.3. The first-order valence-electron chi connectivity index (χ1n) is 8.43. The summed E-state index contributed by atoms with van der Waals surface area (Å²) in [5, 5.41) is 6.47. The van der Waals surface area contributed by atoms with Gasteiger partial charge in [0.1, 0.15) is 6.04 Å². The van der Waals surface area contributed by atoms with Gasteiger partial charge in [0.25, 0.3) is 0 Å². The Bertz CT molecular complexity index is 735. The largest absolute Gasteiger partial charge is 0.351 e. The highest BCUT2D eigenvalue weighted by Gasteiger charge is 2.32. The van der Waals surface area contributed by atoms with Crippen molar-refractivity contribution < 1.29 is 9.59 Å². The monoisotopic (exact) mass is 341 g/mol. The molecule has 0 spiro atoms. The van der Waals surface area contributed by atoms with Crippen LogP contribution in [0.4, 0.5) is 4.79 Å². The molecule has 1 aliphatic rings. The van der Waals surface area contributed by atoms with Gasteiger partial charge >= 0.3 is 6.03 Å². The molecule has 1 aliphatic heterocycles. The molecule has 3 N–H and O–H groups in total. The Balaban J connectivity index is 1.75. The minimum Gasteiger partial charge on any atom is -0.351 e. The number of amides is 3. The van der Waals surface area contributed by atoms with Crippen LogP contribution in [0.1, 0.15) is 36.1 Å². The van der Waals surface area contributed by atoms with Crippen LogP contribution in [-0.2, 0) is 11.8 Å². The Labute approximate surface area is 146 Å². The van der Waals surface area contributed by atoms with Gasteiger partial charge in [0.15, 0.2) is 0 Å². The highest BCUT2D eigenvalue weighted by Crippen LogP contribution is 2.32. The number of hydrogen-bond acceptors (Lipinski definition) is 4. The average Bonchev–Trinajstić information content (AvgIpc) is 3.02. The Hall–Kier alpha value is -2.67. The molecule has 1 saturated heterocycles. The molecule has 3 amide bonds. The number of aromatic nitrogens is 2. The van der Waals surface area contributed by atoms with E-state index in [9.17, 15) is 9.59 Å². The number of nitrogens with zero attached hydrogens (tertiary/aromatic N) is 3. The molecule has 0 saturated carbocycles. The molecule has 1 atom stereocenters. The van der Waals surface area contributed by atoms with Gasteiger partial charge in [0.05, 0.1) is 0 Å². The number of nitrogens with one attached hydrogen (secondary N) is 1. The maximum Gasteiger partial charge on any atom is 0.318 e. The fourth-order valence-corrected chi connectivity index (χ4v) is 3.59. The second-order valence-corrected chi connectivity index (χ2v) is 6.36. The van der Waals surface area contributed by atoms with Crippen molar-refractivity contribution in [2.45, 2.75) is 24.8 Å². The first-order chi connectivity index (χ1) is 12.1.